The van der Waals surface area contributed by atoms with E-state index in [0.717, 1.165) is 6.42 Å². The van der Waals surface area contributed by atoms with Crippen molar-refractivity contribution >= 4 is 5.97 Å². The minimum atomic E-state index is 0.0524. The van der Waals surface area contributed by atoms with E-state index < -0.39 is 0 Å². The number of hydrogen-bond donors (Lipinski definition) is 0. The maximum Gasteiger partial charge on any atom is 0.308 e. The molecule has 0 heterocycles. The first-order chi connectivity index (χ1) is 13.3. The number of methoxy groups -OCH3 is 1. The lowest BCUT2D eigenvalue weighted by Gasteiger charge is -2.28. The van der Waals surface area contributed by atoms with E-state index in [1.54, 1.807) is 7.11 Å². The van der Waals surface area contributed by atoms with Gasteiger partial charge in [0, 0.05) is 0 Å². The summed E-state index contributed by atoms with van der Waals surface area (Å²) in [6.07, 6.45) is 26.9. The molecule has 1 rings (SSSR count). The van der Waals surface area contributed by atoms with E-state index in [4.69, 9.17) is 4.74 Å². The third kappa shape index (κ3) is 12.5. The second-order valence-corrected chi connectivity index (χ2v) is 8.91. The molecule has 0 amide bonds. The van der Waals surface area contributed by atoms with Crippen molar-refractivity contribution in [3.8, 4) is 0 Å². The van der Waals surface area contributed by atoms with Crippen molar-refractivity contribution in [2.45, 2.75) is 135 Å². The van der Waals surface area contributed by atoms with Crippen LogP contribution in [0.15, 0.2) is 0 Å². The summed E-state index contributed by atoms with van der Waals surface area (Å²) in [5.74, 6) is 0.817. The zero-order valence-electron chi connectivity index (χ0n) is 18.6. The molecule has 1 unspecified atom stereocenters. The molecule has 0 aliphatic heterocycles. The van der Waals surface area contributed by atoms with Crippen LogP contribution in [0, 0.1) is 11.8 Å². The Morgan fingerprint density at radius 3 is 1.63 bits per heavy atom. The summed E-state index contributed by atoms with van der Waals surface area (Å²) >= 11 is 0. The molecule has 2 heteroatoms. The third-order valence-corrected chi connectivity index (χ3v) is 6.59. The summed E-state index contributed by atoms with van der Waals surface area (Å²) in [5, 5.41) is 0. The Labute approximate surface area is 170 Å². The number of esters is 1. The molecule has 1 aliphatic carbocycles. The first kappa shape index (κ1) is 24.5. The van der Waals surface area contributed by atoms with Gasteiger partial charge in [-0.05, 0) is 25.2 Å². The lowest BCUT2D eigenvalue weighted by Crippen LogP contribution is -2.26. The first-order valence-electron chi connectivity index (χ1n) is 12.4. The Kier molecular flexibility index (Phi) is 15.9. The molecule has 1 atom stereocenters. The van der Waals surface area contributed by atoms with Crippen molar-refractivity contribution in [2.24, 2.45) is 11.8 Å². The van der Waals surface area contributed by atoms with E-state index >= 15 is 0 Å². The highest BCUT2D eigenvalue weighted by molar-refractivity contribution is 5.72. The Balaban J connectivity index is 1.93. The van der Waals surface area contributed by atoms with Gasteiger partial charge >= 0.3 is 5.97 Å². The molecule has 160 valence electrons. The van der Waals surface area contributed by atoms with E-state index in [1.165, 1.54) is 122 Å². The molecule has 0 aromatic rings. The molecule has 1 saturated carbocycles. The molecule has 0 bridgehead atoms. The summed E-state index contributed by atoms with van der Waals surface area (Å²) in [6.45, 7) is 2.29. The van der Waals surface area contributed by atoms with Gasteiger partial charge in [-0.25, -0.2) is 0 Å². The normalized spacial score (nSPS) is 16.4. The molecular formula is C25H48O2. The number of rotatable bonds is 17. The highest BCUT2D eigenvalue weighted by Gasteiger charge is 2.29. The van der Waals surface area contributed by atoms with Crippen LogP contribution in [0.3, 0.4) is 0 Å². The highest BCUT2D eigenvalue weighted by atomic mass is 16.5. The summed E-state index contributed by atoms with van der Waals surface area (Å²) in [6, 6.07) is 0. The zero-order valence-corrected chi connectivity index (χ0v) is 18.6. The van der Waals surface area contributed by atoms with Crippen molar-refractivity contribution in [2.75, 3.05) is 7.11 Å². The molecular weight excluding hydrogens is 332 g/mol. The van der Waals surface area contributed by atoms with Crippen LogP contribution in [-0.2, 0) is 9.53 Å². The predicted octanol–water partition coefficient (Wildman–Crippen LogP) is 8.23. The van der Waals surface area contributed by atoms with Crippen LogP contribution in [0.2, 0.25) is 0 Å². The number of ether oxygens (including phenoxy) is 1. The molecule has 0 saturated heterocycles. The van der Waals surface area contributed by atoms with E-state index in [1.807, 2.05) is 0 Å². The molecule has 0 radical (unpaired) electrons. The zero-order chi connectivity index (χ0) is 19.6. The second-order valence-electron chi connectivity index (χ2n) is 8.91. The average Bonchev–Trinajstić information content (AvgIpc) is 2.71. The van der Waals surface area contributed by atoms with Gasteiger partial charge in [0.05, 0.1) is 13.0 Å². The van der Waals surface area contributed by atoms with Crippen LogP contribution >= 0.6 is 0 Å². The fraction of sp³-hybridized carbons (Fsp3) is 0.960. The van der Waals surface area contributed by atoms with Gasteiger partial charge in [0.2, 0.25) is 0 Å². The number of hydrogen-bond acceptors (Lipinski definition) is 2. The number of carbonyl (C=O) groups excluding carboxylic acids is 1. The van der Waals surface area contributed by atoms with Gasteiger partial charge < -0.3 is 4.74 Å². The summed E-state index contributed by atoms with van der Waals surface area (Å²) in [7, 11) is 1.56. The van der Waals surface area contributed by atoms with Gasteiger partial charge in [0.1, 0.15) is 0 Å². The molecule has 0 aromatic carbocycles. The maximum atomic E-state index is 12.2. The Morgan fingerprint density at radius 1 is 0.741 bits per heavy atom. The molecule has 0 N–H and O–H groups in total. The van der Waals surface area contributed by atoms with E-state index in [0.29, 0.717) is 5.92 Å². The Morgan fingerprint density at radius 2 is 1.19 bits per heavy atom. The molecule has 1 fully saturated rings. The van der Waals surface area contributed by atoms with Gasteiger partial charge in [0.15, 0.2) is 0 Å². The van der Waals surface area contributed by atoms with Crippen molar-refractivity contribution in [1.29, 1.82) is 0 Å². The van der Waals surface area contributed by atoms with Crippen molar-refractivity contribution in [1.82, 2.24) is 0 Å². The fourth-order valence-corrected chi connectivity index (χ4v) is 4.79. The van der Waals surface area contributed by atoms with Crippen molar-refractivity contribution < 1.29 is 9.53 Å². The molecule has 27 heavy (non-hydrogen) atoms. The monoisotopic (exact) mass is 380 g/mol. The topological polar surface area (TPSA) is 26.3 Å². The minimum absolute atomic E-state index is 0.0524. The number of carbonyl (C=O) groups is 1. The predicted molar refractivity (Wildman–Crippen MR) is 117 cm³/mol. The van der Waals surface area contributed by atoms with Gasteiger partial charge in [-0.3, -0.25) is 4.79 Å². The molecule has 1 aliphatic rings. The molecule has 0 aromatic heterocycles. The lowest BCUT2D eigenvalue weighted by atomic mass is 9.78. The minimum Gasteiger partial charge on any atom is -0.469 e. The fourth-order valence-electron chi connectivity index (χ4n) is 4.79. The van der Waals surface area contributed by atoms with Gasteiger partial charge in [-0.1, -0.05) is 116 Å². The van der Waals surface area contributed by atoms with Crippen LogP contribution in [0.25, 0.3) is 0 Å². The first-order valence-corrected chi connectivity index (χ1v) is 12.4. The van der Waals surface area contributed by atoms with Crippen molar-refractivity contribution in [3.63, 3.8) is 0 Å². The molecule has 2 nitrogen and oxygen atoms in total. The van der Waals surface area contributed by atoms with Gasteiger partial charge in [-0.15, -0.1) is 0 Å². The number of unbranched alkanes of at least 4 members (excludes halogenated alkanes) is 13. The van der Waals surface area contributed by atoms with E-state index in [2.05, 4.69) is 6.92 Å². The van der Waals surface area contributed by atoms with Crippen molar-refractivity contribution in [3.05, 3.63) is 0 Å². The van der Waals surface area contributed by atoms with Crippen LogP contribution < -0.4 is 0 Å². The maximum absolute atomic E-state index is 12.2. The largest absolute Gasteiger partial charge is 0.469 e. The van der Waals surface area contributed by atoms with Crippen LogP contribution in [0.5, 0.6) is 0 Å². The second kappa shape index (κ2) is 17.6. The van der Waals surface area contributed by atoms with Gasteiger partial charge in [-0.2, -0.15) is 0 Å². The standard InChI is InChI=1S/C25H48O2/c1-3-4-5-6-7-8-9-10-11-12-13-14-15-19-22-24(25(26)27-2)23-20-17-16-18-21-23/h23-24H,3-22H2,1-2H3. The summed E-state index contributed by atoms with van der Waals surface area (Å²) < 4.78 is 5.10. The Bertz CT molecular complexity index is 333. The Hall–Kier alpha value is -0.530. The lowest BCUT2D eigenvalue weighted by molar-refractivity contribution is -0.148. The summed E-state index contributed by atoms with van der Waals surface area (Å²) in [4.78, 5) is 12.2. The smallest absolute Gasteiger partial charge is 0.308 e. The third-order valence-electron chi connectivity index (χ3n) is 6.59. The average molecular weight is 381 g/mol. The van der Waals surface area contributed by atoms with E-state index in [9.17, 15) is 4.79 Å². The quantitative estimate of drug-likeness (QED) is 0.188. The van der Waals surface area contributed by atoms with E-state index in [-0.39, 0.29) is 11.9 Å². The van der Waals surface area contributed by atoms with Crippen LogP contribution in [0.1, 0.15) is 135 Å². The van der Waals surface area contributed by atoms with Gasteiger partial charge in [0.25, 0.3) is 0 Å². The summed E-state index contributed by atoms with van der Waals surface area (Å²) in [5.41, 5.74) is 0. The van der Waals surface area contributed by atoms with Crippen LogP contribution in [0.4, 0.5) is 0 Å². The molecule has 0 spiro atoms. The van der Waals surface area contributed by atoms with Crippen LogP contribution in [-0.4, -0.2) is 13.1 Å². The SMILES string of the molecule is CCCCCCCCCCCCCCCCC(C(=O)OC)C1CCCCC1. The highest BCUT2D eigenvalue weighted by Crippen LogP contribution is 2.33.